The Bertz CT molecular complexity index is 368. The molecule has 0 radical (unpaired) electrons. The SMILES string of the molecule is CCOCCC(=O)Nc1ccc(O)cc1Cl. The predicted octanol–water partition coefficient (Wildman–Crippen LogP) is 2.41. The van der Waals surface area contributed by atoms with E-state index in [-0.39, 0.29) is 18.1 Å². The second-order valence-electron chi connectivity index (χ2n) is 3.16. The fraction of sp³-hybridized carbons (Fsp3) is 0.364. The van der Waals surface area contributed by atoms with Gasteiger partial charge in [-0.2, -0.15) is 0 Å². The number of phenolic OH excluding ortho intramolecular Hbond substituents is 1. The summed E-state index contributed by atoms with van der Waals surface area (Å²) in [5.74, 6) is -0.0987. The van der Waals surface area contributed by atoms with Gasteiger partial charge in [0.05, 0.1) is 23.7 Å². The molecular weight excluding hydrogens is 230 g/mol. The van der Waals surface area contributed by atoms with E-state index in [1.54, 1.807) is 6.07 Å². The van der Waals surface area contributed by atoms with Crippen molar-refractivity contribution in [3.8, 4) is 5.75 Å². The summed E-state index contributed by atoms with van der Waals surface area (Å²) in [6, 6.07) is 4.39. The van der Waals surface area contributed by atoms with Gasteiger partial charge in [-0.15, -0.1) is 0 Å². The summed E-state index contributed by atoms with van der Waals surface area (Å²) in [6.07, 6.45) is 0.283. The number of phenols is 1. The monoisotopic (exact) mass is 243 g/mol. The van der Waals surface area contributed by atoms with Crippen LogP contribution >= 0.6 is 11.6 Å². The van der Waals surface area contributed by atoms with Crippen LogP contribution in [0.5, 0.6) is 5.75 Å². The highest BCUT2D eigenvalue weighted by atomic mass is 35.5. The van der Waals surface area contributed by atoms with Crippen molar-refractivity contribution < 1.29 is 14.6 Å². The molecule has 88 valence electrons. The molecule has 0 heterocycles. The number of hydrogen-bond donors (Lipinski definition) is 2. The zero-order valence-electron chi connectivity index (χ0n) is 9.00. The van der Waals surface area contributed by atoms with Gasteiger partial charge in [0.25, 0.3) is 0 Å². The number of halogens is 1. The molecule has 1 aromatic carbocycles. The van der Waals surface area contributed by atoms with Crippen LogP contribution in [0.15, 0.2) is 18.2 Å². The van der Waals surface area contributed by atoms with Gasteiger partial charge in [-0.3, -0.25) is 4.79 Å². The lowest BCUT2D eigenvalue weighted by Gasteiger charge is -2.07. The first-order chi connectivity index (χ1) is 7.63. The number of hydrogen-bond acceptors (Lipinski definition) is 3. The van der Waals surface area contributed by atoms with E-state index >= 15 is 0 Å². The summed E-state index contributed by atoms with van der Waals surface area (Å²) in [5, 5.41) is 12.1. The van der Waals surface area contributed by atoms with Gasteiger partial charge in [0.1, 0.15) is 5.75 Å². The minimum atomic E-state index is -0.166. The first kappa shape index (κ1) is 12.8. The third kappa shape index (κ3) is 4.08. The summed E-state index contributed by atoms with van der Waals surface area (Å²) in [6.45, 7) is 2.85. The maximum absolute atomic E-state index is 11.4. The molecule has 0 bridgehead atoms. The molecule has 0 aliphatic rings. The third-order valence-corrected chi connectivity index (χ3v) is 2.22. The molecule has 0 fully saturated rings. The van der Waals surface area contributed by atoms with Crippen LogP contribution in [0.2, 0.25) is 5.02 Å². The minimum Gasteiger partial charge on any atom is -0.508 e. The van der Waals surface area contributed by atoms with Gasteiger partial charge >= 0.3 is 0 Å². The number of carbonyl (C=O) groups is 1. The fourth-order valence-electron chi connectivity index (χ4n) is 1.13. The Morgan fingerprint density at radius 1 is 1.56 bits per heavy atom. The van der Waals surface area contributed by atoms with Gasteiger partial charge in [0, 0.05) is 12.7 Å². The number of anilines is 1. The molecule has 0 aliphatic carbocycles. The molecule has 1 amide bonds. The second kappa shape index (κ2) is 6.35. The number of ether oxygens (including phenoxy) is 1. The van der Waals surface area contributed by atoms with E-state index in [4.69, 9.17) is 21.4 Å². The normalized spacial score (nSPS) is 10.1. The smallest absolute Gasteiger partial charge is 0.226 e. The lowest BCUT2D eigenvalue weighted by Crippen LogP contribution is -2.14. The van der Waals surface area contributed by atoms with E-state index in [0.29, 0.717) is 23.9 Å². The Labute approximate surface area is 99.2 Å². The van der Waals surface area contributed by atoms with Crippen LogP contribution in [0.3, 0.4) is 0 Å². The van der Waals surface area contributed by atoms with E-state index in [2.05, 4.69) is 5.32 Å². The van der Waals surface area contributed by atoms with Crippen molar-refractivity contribution in [1.82, 2.24) is 0 Å². The molecule has 0 saturated carbocycles. The van der Waals surface area contributed by atoms with Gasteiger partial charge in [-0.25, -0.2) is 0 Å². The van der Waals surface area contributed by atoms with Crippen molar-refractivity contribution in [3.05, 3.63) is 23.2 Å². The minimum absolute atomic E-state index is 0.0670. The molecule has 0 unspecified atom stereocenters. The average Bonchev–Trinajstić information content (AvgIpc) is 2.23. The third-order valence-electron chi connectivity index (χ3n) is 1.90. The summed E-state index contributed by atoms with van der Waals surface area (Å²) in [7, 11) is 0. The maximum Gasteiger partial charge on any atom is 0.226 e. The highest BCUT2D eigenvalue weighted by Gasteiger charge is 2.06. The summed E-state index contributed by atoms with van der Waals surface area (Å²) >= 11 is 5.83. The van der Waals surface area contributed by atoms with Gasteiger partial charge in [-0.05, 0) is 19.1 Å². The Kier molecular flexibility index (Phi) is 5.08. The number of benzene rings is 1. The average molecular weight is 244 g/mol. The lowest BCUT2D eigenvalue weighted by molar-refractivity contribution is -0.117. The zero-order chi connectivity index (χ0) is 12.0. The van der Waals surface area contributed by atoms with Gasteiger partial charge in [0.15, 0.2) is 0 Å². The highest BCUT2D eigenvalue weighted by Crippen LogP contribution is 2.25. The maximum atomic E-state index is 11.4. The number of rotatable bonds is 5. The van der Waals surface area contributed by atoms with E-state index in [1.165, 1.54) is 12.1 Å². The van der Waals surface area contributed by atoms with Crippen molar-refractivity contribution in [2.45, 2.75) is 13.3 Å². The van der Waals surface area contributed by atoms with Crippen LogP contribution in [-0.4, -0.2) is 24.2 Å². The number of nitrogens with one attached hydrogen (secondary N) is 1. The summed E-state index contributed by atoms with van der Waals surface area (Å²) in [4.78, 5) is 11.4. The van der Waals surface area contributed by atoms with Crippen LogP contribution < -0.4 is 5.32 Å². The van der Waals surface area contributed by atoms with Crippen LogP contribution in [0.4, 0.5) is 5.69 Å². The molecule has 0 spiro atoms. The van der Waals surface area contributed by atoms with Gasteiger partial charge in [0.2, 0.25) is 5.91 Å². The molecule has 0 aliphatic heterocycles. The van der Waals surface area contributed by atoms with Crippen molar-refractivity contribution in [1.29, 1.82) is 0 Å². The van der Waals surface area contributed by atoms with Crippen LogP contribution in [0, 0.1) is 0 Å². The van der Waals surface area contributed by atoms with E-state index in [0.717, 1.165) is 0 Å². The Morgan fingerprint density at radius 2 is 2.31 bits per heavy atom. The number of amides is 1. The second-order valence-corrected chi connectivity index (χ2v) is 3.57. The van der Waals surface area contributed by atoms with Gasteiger partial charge in [-0.1, -0.05) is 11.6 Å². The molecule has 4 nitrogen and oxygen atoms in total. The van der Waals surface area contributed by atoms with Crippen LogP contribution in [-0.2, 0) is 9.53 Å². The number of aromatic hydroxyl groups is 1. The van der Waals surface area contributed by atoms with Crippen molar-refractivity contribution in [2.75, 3.05) is 18.5 Å². The quantitative estimate of drug-likeness (QED) is 0.617. The molecule has 0 atom stereocenters. The fourth-order valence-corrected chi connectivity index (χ4v) is 1.35. The Balaban J connectivity index is 2.49. The highest BCUT2D eigenvalue weighted by molar-refractivity contribution is 6.33. The summed E-state index contributed by atoms with van der Waals surface area (Å²) < 4.78 is 5.06. The molecule has 16 heavy (non-hydrogen) atoms. The van der Waals surface area contributed by atoms with Crippen LogP contribution in [0.1, 0.15) is 13.3 Å². The molecule has 1 rings (SSSR count). The first-order valence-electron chi connectivity index (χ1n) is 4.99. The summed E-state index contributed by atoms with van der Waals surface area (Å²) in [5.41, 5.74) is 0.487. The van der Waals surface area contributed by atoms with E-state index in [1.807, 2.05) is 6.92 Å². The predicted molar refractivity (Wildman–Crippen MR) is 62.9 cm³/mol. The van der Waals surface area contributed by atoms with Crippen molar-refractivity contribution in [3.63, 3.8) is 0 Å². The standard InChI is InChI=1S/C11H14ClNO3/c1-2-16-6-5-11(15)13-10-4-3-8(14)7-9(10)12/h3-4,7,14H,2,5-6H2,1H3,(H,13,15). The Hall–Kier alpha value is -1.26. The molecule has 0 saturated heterocycles. The van der Waals surface area contributed by atoms with Crippen molar-refractivity contribution >= 4 is 23.2 Å². The molecule has 5 heteroatoms. The Morgan fingerprint density at radius 3 is 2.94 bits per heavy atom. The largest absolute Gasteiger partial charge is 0.508 e. The van der Waals surface area contributed by atoms with Crippen LogP contribution in [0.25, 0.3) is 0 Å². The van der Waals surface area contributed by atoms with E-state index in [9.17, 15) is 4.79 Å². The topological polar surface area (TPSA) is 58.6 Å². The van der Waals surface area contributed by atoms with Gasteiger partial charge < -0.3 is 15.2 Å². The first-order valence-corrected chi connectivity index (χ1v) is 5.37. The zero-order valence-corrected chi connectivity index (χ0v) is 9.75. The molecule has 1 aromatic rings. The molecule has 2 N–H and O–H groups in total. The molecular formula is C11H14ClNO3. The van der Waals surface area contributed by atoms with E-state index < -0.39 is 0 Å². The number of carbonyl (C=O) groups excluding carboxylic acids is 1. The molecule has 0 aromatic heterocycles. The lowest BCUT2D eigenvalue weighted by atomic mass is 10.3. The van der Waals surface area contributed by atoms with Crippen molar-refractivity contribution in [2.24, 2.45) is 0 Å².